The van der Waals surface area contributed by atoms with Crippen LogP contribution in [0.1, 0.15) is 17.3 Å². The van der Waals surface area contributed by atoms with Crippen LogP contribution in [0.15, 0.2) is 24.4 Å². The minimum atomic E-state index is -0.602. The van der Waals surface area contributed by atoms with Gasteiger partial charge in [-0.1, -0.05) is 34.5 Å². The minimum Gasteiger partial charge on any atom is -0.468 e. The van der Waals surface area contributed by atoms with Crippen LogP contribution in [0.3, 0.4) is 0 Å². The Kier molecular flexibility index (Phi) is 5.39. The largest absolute Gasteiger partial charge is 0.468 e. The lowest BCUT2D eigenvalue weighted by Gasteiger charge is -2.26. The van der Waals surface area contributed by atoms with Gasteiger partial charge in [-0.15, -0.1) is 5.10 Å². The molecule has 0 bridgehead atoms. The highest BCUT2D eigenvalue weighted by atomic mass is 35.5. The first-order valence-electron chi connectivity index (χ1n) is 6.50. The molecule has 0 saturated carbocycles. The number of hydrogen-bond donors (Lipinski definition) is 0. The first-order valence-corrected chi connectivity index (χ1v) is 7.26. The number of hydrogen-bond acceptors (Lipinski definition) is 5. The number of nitrogens with zero attached hydrogens (tertiary/aromatic N) is 4. The Balaban J connectivity index is 2.31. The van der Waals surface area contributed by atoms with Crippen molar-refractivity contribution in [1.29, 1.82) is 0 Å². The van der Waals surface area contributed by atoms with Gasteiger partial charge in [0.15, 0.2) is 0 Å². The molecule has 1 aromatic heterocycles. The summed E-state index contributed by atoms with van der Waals surface area (Å²) in [4.78, 5) is 14.0. The third-order valence-electron chi connectivity index (χ3n) is 3.34. The molecule has 1 aromatic carbocycles. The quantitative estimate of drug-likeness (QED) is 0.781. The normalized spacial score (nSPS) is 12.5. The van der Waals surface area contributed by atoms with Gasteiger partial charge < -0.3 is 4.74 Å². The number of benzene rings is 1. The van der Waals surface area contributed by atoms with Gasteiger partial charge >= 0.3 is 5.97 Å². The van der Waals surface area contributed by atoms with Crippen molar-refractivity contribution in [2.75, 3.05) is 14.2 Å². The van der Waals surface area contributed by atoms with Crippen LogP contribution in [0, 0.1) is 0 Å². The van der Waals surface area contributed by atoms with Gasteiger partial charge in [0.1, 0.15) is 6.04 Å². The molecule has 0 radical (unpaired) electrons. The van der Waals surface area contributed by atoms with Crippen LogP contribution in [0.4, 0.5) is 0 Å². The number of carbonyl (C=O) groups is 1. The SMILES string of the molecule is COC(=O)[C@@H](c1ccc(Cl)c(Cl)c1)N(C)Cc1cnnn1C. The Hall–Kier alpha value is -1.63. The van der Waals surface area contributed by atoms with E-state index in [0.29, 0.717) is 22.2 Å². The summed E-state index contributed by atoms with van der Waals surface area (Å²) >= 11 is 12.0. The highest BCUT2D eigenvalue weighted by molar-refractivity contribution is 6.42. The van der Waals surface area contributed by atoms with Crippen LogP contribution >= 0.6 is 23.2 Å². The van der Waals surface area contributed by atoms with Crippen LogP contribution in [0.25, 0.3) is 0 Å². The third kappa shape index (κ3) is 3.58. The van der Waals surface area contributed by atoms with Crippen molar-refractivity contribution in [2.24, 2.45) is 7.05 Å². The second-order valence-electron chi connectivity index (χ2n) is 4.86. The van der Waals surface area contributed by atoms with E-state index < -0.39 is 6.04 Å². The summed E-state index contributed by atoms with van der Waals surface area (Å²) < 4.78 is 6.57. The summed E-state index contributed by atoms with van der Waals surface area (Å²) in [6.07, 6.45) is 1.65. The van der Waals surface area contributed by atoms with E-state index in [4.69, 9.17) is 27.9 Å². The van der Waals surface area contributed by atoms with Gasteiger partial charge in [-0.3, -0.25) is 9.58 Å². The zero-order valence-corrected chi connectivity index (χ0v) is 14.0. The molecule has 22 heavy (non-hydrogen) atoms. The number of rotatable bonds is 5. The molecule has 0 unspecified atom stereocenters. The zero-order chi connectivity index (χ0) is 16.3. The lowest BCUT2D eigenvalue weighted by Crippen LogP contribution is -2.32. The van der Waals surface area contributed by atoms with Crippen molar-refractivity contribution in [3.05, 3.63) is 45.7 Å². The summed E-state index contributed by atoms with van der Waals surface area (Å²) in [6.45, 7) is 0.476. The van der Waals surface area contributed by atoms with Gasteiger partial charge in [0, 0.05) is 13.6 Å². The van der Waals surface area contributed by atoms with E-state index in [9.17, 15) is 4.79 Å². The topological polar surface area (TPSA) is 60.2 Å². The fraction of sp³-hybridized carbons (Fsp3) is 0.357. The van der Waals surface area contributed by atoms with E-state index in [1.807, 2.05) is 11.9 Å². The second kappa shape index (κ2) is 7.09. The molecular weight excluding hydrogens is 327 g/mol. The molecular formula is C14H16Cl2N4O2. The maximum Gasteiger partial charge on any atom is 0.327 e. The summed E-state index contributed by atoms with van der Waals surface area (Å²) in [7, 11) is 4.96. The van der Waals surface area contributed by atoms with E-state index in [1.54, 1.807) is 36.1 Å². The molecule has 0 amide bonds. The summed E-state index contributed by atoms with van der Waals surface area (Å²) in [6, 6.07) is 4.49. The Labute approximate surface area is 138 Å². The predicted octanol–water partition coefficient (Wildman–Crippen LogP) is 2.47. The average Bonchev–Trinajstić information content (AvgIpc) is 2.88. The Bertz CT molecular complexity index is 675. The smallest absolute Gasteiger partial charge is 0.327 e. The van der Waals surface area contributed by atoms with Gasteiger partial charge in [0.25, 0.3) is 0 Å². The highest BCUT2D eigenvalue weighted by Gasteiger charge is 2.27. The lowest BCUT2D eigenvalue weighted by molar-refractivity contribution is -0.147. The molecule has 1 heterocycles. The Morgan fingerprint density at radius 1 is 1.41 bits per heavy atom. The first kappa shape index (κ1) is 16.7. The second-order valence-corrected chi connectivity index (χ2v) is 5.68. The summed E-state index contributed by atoms with van der Waals surface area (Å²) in [5.74, 6) is -0.379. The summed E-state index contributed by atoms with van der Waals surface area (Å²) in [5.41, 5.74) is 1.58. The van der Waals surface area contributed by atoms with Crippen LogP contribution in [-0.2, 0) is 23.1 Å². The van der Waals surface area contributed by atoms with Crippen LogP contribution < -0.4 is 0 Å². The van der Waals surface area contributed by atoms with E-state index >= 15 is 0 Å². The monoisotopic (exact) mass is 342 g/mol. The van der Waals surface area contributed by atoms with Gasteiger partial charge in [-0.25, -0.2) is 4.79 Å². The molecule has 0 N–H and O–H groups in total. The average molecular weight is 343 g/mol. The molecule has 0 aliphatic carbocycles. The van der Waals surface area contributed by atoms with E-state index in [1.165, 1.54) is 7.11 Å². The van der Waals surface area contributed by atoms with Gasteiger partial charge in [0.2, 0.25) is 0 Å². The number of ether oxygens (including phenoxy) is 1. The Morgan fingerprint density at radius 2 is 2.14 bits per heavy atom. The Morgan fingerprint density at radius 3 is 2.68 bits per heavy atom. The number of aromatic nitrogens is 3. The third-order valence-corrected chi connectivity index (χ3v) is 4.08. The van der Waals surface area contributed by atoms with Crippen molar-refractivity contribution in [1.82, 2.24) is 19.9 Å². The van der Waals surface area contributed by atoms with Crippen molar-refractivity contribution in [3.63, 3.8) is 0 Å². The van der Waals surface area contributed by atoms with Crippen LogP contribution in [0.5, 0.6) is 0 Å². The number of likely N-dealkylation sites (N-methyl/N-ethyl adjacent to an activating group) is 1. The number of halogens is 2. The molecule has 118 valence electrons. The fourth-order valence-electron chi connectivity index (χ4n) is 2.17. The van der Waals surface area contributed by atoms with E-state index in [-0.39, 0.29) is 5.97 Å². The zero-order valence-electron chi connectivity index (χ0n) is 12.5. The van der Waals surface area contributed by atoms with Crippen LogP contribution in [0.2, 0.25) is 10.0 Å². The number of methoxy groups -OCH3 is 1. The summed E-state index contributed by atoms with van der Waals surface area (Å²) in [5, 5.41) is 8.54. The standard InChI is InChI=1S/C14H16Cl2N4O2/c1-19(8-10-7-17-18-20(10)2)13(14(21)22-3)9-4-5-11(15)12(16)6-9/h4-7,13H,8H2,1-3H3/t13-/m1/s1. The fourth-order valence-corrected chi connectivity index (χ4v) is 2.47. The first-order chi connectivity index (χ1) is 10.4. The van der Waals surface area contributed by atoms with E-state index in [0.717, 1.165) is 5.69 Å². The minimum absolute atomic E-state index is 0.379. The lowest BCUT2D eigenvalue weighted by atomic mass is 10.1. The van der Waals surface area contributed by atoms with Crippen LogP contribution in [-0.4, -0.2) is 40.0 Å². The number of carbonyl (C=O) groups excluding carboxylic acids is 1. The predicted molar refractivity (Wildman–Crippen MR) is 83.7 cm³/mol. The van der Waals surface area contributed by atoms with Crippen molar-refractivity contribution in [3.8, 4) is 0 Å². The molecule has 2 rings (SSSR count). The van der Waals surface area contributed by atoms with Gasteiger partial charge in [0.05, 0.1) is 29.0 Å². The highest BCUT2D eigenvalue weighted by Crippen LogP contribution is 2.29. The molecule has 1 atom stereocenters. The molecule has 0 aliphatic rings. The molecule has 0 aliphatic heterocycles. The van der Waals surface area contributed by atoms with Gasteiger partial charge in [-0.05, 0) is 24.7 Å². The molecule has 0 fully saturated rings. The van der Waals surface area contributed by atoms with Crippen molar-refractivity contribution < 1.29 is 9.53 Å². The molecule has 0 saturated heterocycles. The molecule has 0 spiro atoms. The maximum atomic E-state index is 12.2. The molecule has 6 nitrogen and oxygen atoms in total. The number of aryl methyl sites for hydroxylation is 1. The van der Waals surface area contributed by atoms with Crippen molar-refractivity contribution in [2.45, 2.75) is 12.6 Å². The maximum absolute atomic E-state index is 12.2. The van der Waals surface area contributed by atoms with Gasteiger partial charge in [-0.2, -0.15) is 0 Å². The van der Waals surface area contributed by atoms with E-state index in [2.05, 4.69) is 10.3 Å². The molecule has 8 heteroatoms. The van der Waals surface area contributed by atoms with Crippen molar-refractivity contribution >= 4 is 29.2 Å². The molecule has 2 aromatic rings. The number of esters is 1.